The zero-order chi connectivity index (χ0) is 14.4. The lowest BCUT2D eigenvalue weighted by atomic mass is 10.00. The van der Waals surface area contributed by atoms with E-state index in [0.29, 0.717) is 18.0 Å². The van der Waals surface area contributed by atoms with Gasteiger partial charge in [0.15, 0.2) is 0 Å². The molecule has 1 aromatic carbocycles. The van der Waals surface area contributed by atoms with Crippen molar-refractivity contribution in [3.8, 4) is 0 Å². The summed E-state index contributed by atoms with van der Waals surface area (Å²) >= 11 is 1.85. The van der Waals surface area contributed by atoms with Crippen LogP contribution in [-0.2, 0) is 6.42 Å². The molecule has 1 heterocycles. The SMILES string of the molecule is CC(CCc1ccccc1)NC(c1cccs1)C(C)C. The fourth-order valence-corrected chi connectivity index (χ4v) is 3.45. The number of thiophene rings is 1. The van der Waals surface area contributed by atoms with Gasteiger partial charge in [0, 0.05) is 17.0 Å². The Bertz CT molecular complexity index is 475. The topological polar surface area (TPSA) is 12.0 Å². The number of aryl methyl sites for hydroxylation is 1. The molecule has 0 fully saturated rings. The van der Waals surface area contributed by atoms with E-state index in [-0.39, 0.29) is 0 Å². The minimum atomic E-state index is 0.473. The van der Waals surface area contributed by atoms with Gasteiger partial charge in [0.25, 0.3) is 0 Å². The Kier molecular flexibility index (Phi) is 5.81. The van der Waals surface area contributed by atoms with Gasteiger partial charge in [-0.15, -0.1) is 11.3 Å². The summed E-state index contributed by atoms with van der Waals surface area (Å²) in [5.74, 6) is 0.618. The highest BCUT2D eigenvalue weighted by atomic mass is 32.1. The van der Waals surface area contributed by atoms with Crippen molar-refractivity contribution in [3.05, 3.63) is 58.3 Å². The van der Waals surface area contributed by atoms with E-state index in [1.165, 1.54) is 16.9 Å². The van der Waals surface area contributed by atoms with Gasteiger partial charge in [-0.25, -0.2) is 0 Å². The lowest BCUT2D eigenvalue weighted by molar-refractivity contribution is 0.364. The molecular formula is C18H25NS. The average Bonchev–Trinajstić information content (AvgIpc) is 2.97. The minimum Gasteiger partial charge on any atom is -0.307 e. The van der Waals surface area contributed by atoms with E-state index in [1.807, 2.05) is 11.3 Å². The quantitative estimate of drug-likeness (QED) is 0.751. The maximum absolute atomic E-state index is 3.80. The second-order valence-electron chi connectivity index (χ2n) is 5.83. The highest BCUT2D eigenvalue weighted by Gasteiger charge is 2.18. The molecule has 0 aliphatic rings. The smallest absolute Gasteiger partial charge is 0.0440 e. The first-order valence-corrected chi connectivity index (χ1v) is 8.38. The number of hydrogen-bond donors (Lipinski definition) is 1. The van der Waals surface area contributed by atoms with Crippen molar-refractivity contribution in [2.45, 2.75) is 45.7 Å². The Labute approximate surface area is 127 Å². The third-order valence-corrected chi connectivity index (χ3v) is 4.64. The zero-order valence-electron chi connectivity index (χ0n) is 12.7. The van der Waals surface area contributed by atoms with Crippen molar-refractivity contribution in [3.63, 3.8) is 0 Å². The van der Waals surface area contributed by atoms with Crippen molar-refractivity contribution < 1.29 is 0 Å². The summed E-state index contributed by atoms with van der Waals surface area (Å²) in [6.45, 7) is 6.88. The zero-order valence-corrected chi connectivity index (χ0v) is 13.5. The maximum Gasteiger partial charge on any atom is 0.0440 e. The van der Waals surface area contributed by atoms with Gasteiger partial charge < -0.3 is 5.32 Å². The van der Waals surface area contributed by atoms with E-state index >= 15 is 0 Å². The van der Waals surface area contributed by atoms with Gasteiger partial charge in [0.2, 0.25) is 0 Å². The van der Waals surface area contributed by atoms with Crippen LogP contribution in [0.3, 0.4) is 0 Å². The van der Waals surface area contributed by atoms with Gasteiger partial charge in [-0.2, -0.15) is 0 Å². The van der Waals surface area contributed by atoms with Crippen LogP contribution < -0.4 is 5.32 Å². The molecule has 0 spiro atoms. The number of benzene rings is 1. The summed E-state index contributed by atoms with van der Waals surface area (Å²) < 4.78 is 0. The first-order valence-electron chi connectivity index (χ1n) is 7.50. The van der Waals surface area contributed by atoms with Crippen LogP contribution in [0, 0.1) is 5.92 Å². The Balaban J connectivity index is 1.87. The van der Waals surface area contributed by atoms with Gasteiger partial charge in [0.1, 0.15) is 0 Å². The molecule has 2 heteroatoms. The molecular weight excluding hydrogens is 262 g/mol. The van der Waals surface area contributed by atoms with Crippen LogP contribution >= 0.6 is 11.3 Å². The molecule has 0 aliphatic heterocycles. The normalized spacial score (nSPS) is 14.4. The van der Waals surface area contributed by atoms with Crippen molar-refractivity contribution in [2.24, 2.45) is 5.92 Å². The molecule has 0 radical (unpaired) electrons. The molecule has 1 aromatic heterocycles. The molecule has 0 bridgehead atoms. The summed E-state index contributed by atoms with van der Waals surface area (Å²) in [5, 5.41) is 5.97. The Morgan fingerprint density at radius 3 is 2.35 bits per heavy atom. The van der Waals surface area contributed by atoms with Gasteiger partial charge in [0.05, 0.1) is 0 Å². The number of hydrogen-bond acceptors (Lipinski definition) is 2. The fourth-order valence-electron chi connectivity index (χ4n) is 2.49. The van der Waals surface area contributed by atoms with Crippen molar-refractivity contribution in [2.75, 3.05) is 0 Å². The third kappa shape index (κ3) is 4.46. The third-order valence-electron chi connectivity index (χ3n) is 3.69. The molecule has 0 amide bonds. The predicted molar refractivity (Wildman–Crippen MR) is 89.3 cm³/mol. The van der Waals surface area contributed by atoms with Gasteiger partial charge in [-0.05, 0) is 42.7 Å². The van der Waals surface area contributed by atoms with E-state index in [4.69, 9.17) is 0 Å². The van der Waals surface area contributed by atoms with E-state index in [0.717, 1.165) is 6.42 Å². The molecule has 108 valence electrons. The summed E-state index contributed by atoms with van der Waals surface area (Å²) in [6, 6.07) is 16.1. The Morgan fingerprint density at radius 1 is 1.00 bits per heavy atom. The van der Waals surface area contributed by atoms with Crippen LogP contribution in [0.2, 0.25) is 0 Å². The monoisotopic (exact) mass is 287 g/mol. The molecule has 0 saturated heterocycles. The van der Waals surface area contributed by atoms with Crippen molar-refractivity contribution >= 4 is 11.3 Å². The summed E-state index contributed by atoms with van der Waals surface area (Å²) in [6.07, 6.45) is 2.32. The fraction of sp³-hybridized carbons (Fsp3) is 0.444. The summed E-state index contributed by atoms with van der Waals surface area (Å²) in [4.78, 5) is 1.45. The van der Waals surface area contributed by atoms with Gasteiger partial charge in [-0.1, -0.05) is 50.2 Å². The lowest BCUT2D eigenvalue weighted by Crippen LogP contribution is -2.33. The van der Waals surface area contributed by atoms with E-state index in [2.05, 4.69) is 73.9 Å². The van der Waals surface area contributed by atoms with Gasteiger partial charge in [-0.3, -0.25) is 0 Å². The van der Waals surface area contributed by atoms with Crippen LogP contribution in [0.1, 0.15) is 43.7 Å². The molecule has 2 aromatic rings. The first kappa shape index (κ1) is 15.3. The molecule has 2 rings (SSSR count). The number of nitrogens with one attached hydrogen (secondary N) is 1. The van der Waals surface area contributed by atoms with Crippen LogP contribution in [0.4, 0.5) is 0 Å². The minimum absolute atomic E-state index is 0.473. The molecule has 2 unspecified atom stereocenters. The largest absolute Gasteiger partial charge is 0.307 e. The Hall–Kier alpha value is -1.12. The average molecular weight is 287 g/mol. The second-order valence-corrected chi connectivity index (χ2v) is 6.81. The highest BCUT2D eigenvalue weighted by molar-refractivity contribution is 7.10. The van der Waals surface area contributed by atoms with Crippen molar-refractivity contribution in [1.29, 1.82) is 0 Å². The Morgan fingerprint density at radius 2 is 1.75 bits per heavy atom. The van der Waals surface area contributed by atoms with E-state index < -0.39 is 0 Å². The molecule has 20 heavy (non-hydrogen) atoms. The maximum atomic E-state index is 3.80. The molecule has 1 N–H and O–H groups in total. The molecule has 1 nitrogen and oxygen atoms in total. The van der Waals surface area contributed by atoms with Gasteiger partial charge >= 0.3 is 0 Å². The summed E-state index contributed by atoms with van der Waals surface area (Å²) in [7, 11) is 0. The van der Waals surface area contributed by atoms with Crippen molar-refractivity contribution in [1.82, 2.24) is 5.32 Å². The van der Waals surface area contributed by atoms with E-state index in [9.17, 15) is 0 Å². The summed E-state index contributed by atoms with van der Waals surface area (Å²) in [5.41, 5.74) is 1.43. The second kappa shape index (κ2) is 7.61. The first-order chi connectivity index (χ1) is 9.66. The number of rotatable bonds is 7. The lowest BCUT2D eigenvalue weighted by Gasteiger charge is -2.25. The van der Waals surface area contributed by atoms with Crippen LogP contribution in [-0.4, -0.2) is 6.04 Å². The molecule has 0 saturated carbocycles. The van der Waals surface area contributed by atoms with E-state index in [1.54, 1.807) is 0 Å². The highest BCUT2D eigenvalue weighted by Crippen LogP contribution is 2.26. The van der Waals surface area contributed by atoms with Crippen LogP contribution in [0.15, 0.2) is 47.8 Å². The van der Waals surface area contributed by atoms with Crippen LogP contribution in [0.25, 0.3) is 0 Å². The van der Waals surface area contributed by atoms with Crippen LogP contribution in [0.5, 0.6) is 0 Å². The predicted octanol–water partition coefficient (Wildman–Crippen LogP) is 5.06. The standard InChI is InChI=1S/C18H25NS/c1-14(2)18(17-10-7-13-20-17)19-15(3)11-12-16-8-5-4-6-9-16/h4-10,13-15,18-19H,11-12H2,1-3H3. The molecule has 2 atom stereocenters. The molecule has 0 aliphatic carbocycles.